The van der Waals surface area contributed by atoms with Gasteiger partial charge in [0, 0.05) is 23.3 Å². The van der Waals surface area contributed by atoms with E-state index in [0.29, 0.717) is 11.3 Å². The van der Waals surface area contributed by atoms with Gasteiger partial charge in [-0.2, -0.15) is 11.8 Å². The van der Waals surface area contributed by atoms with E-state index in [1.165, 1.54) is 17.7 Å². The molecule has 1 N–H and O–H groups in total. The lowest BCUT2D eigenvalue weighted by Gasteiger charge is -2.07. The number of carbonyl (C=O) groups is 1. The maximum Gasteiger partial charge on any atom is 0.255 e. The maximum absolute atomic E-state index is 12.1. The minimum atomic E-state index is -3.23. The molecule has 0 saturated carbocycles. The van der Waals surface area contributed by atoms with Crippen molar-refractivity contribution in [3.63, 3.8) is 0 Å². The number of rotatable bonds is 5. The number of hydrogen-bond donors (Lipinski definition) is 1. The van der Waals surface area contributed by atoms with Crippen LogP contribution in [0.3, 0.4) is 0 Å². The van der Waals surface area contributed by atoms with Gasteiger partial charge in [0.25, 0.3) is 5.91 Å². The van der Waals surface area contributed by atoms with Gasteiger partial charge in [0.15, 0.2) is 9.84 Å². The summed E-state index contributed by atoms with van der Waals surface area (Å²) in [7, 11) is -3.23. The van der Waals surface area contributed by atoms with Gasteiger partial charge in [-0.1, -0.05) is 12.1 Å². The van der Waals surface area contributed by atoms with Crippen LogP contribution in [0.15, 0.2) is 53.4 Å². The third-order valence-corrected chi connectivity index (χ3v) is 4.82. The molecule has 0 unspecified atom stereocenters. The van der Waals surface area contributed by atoms with E-state index in [0.717, 1.165) is 12.0 Å². The lowest BCUT2D eigenvalue weighted by atomic mass is 10.1. The van der Waals surface area contributed by atoms with Crippen LogP contribution in [-0.2, 0) is 15.6 Å². The van der Waals surface area contributed by atoms with Crippen LogP contribution < -0.4 is 5.32 Å². The van der Waals surface area contributed by atoms with E-state index in [-0.39, 0.29) is 10.8 Å². The van der Waals surface area contributed by atoms with Gasteiger partial charge in [0.1, 0.15) is 0 Å². The first-order valence-corrected chi connectivity index (χ1v) is 9.88. The molecule has 0 aliphatic rings. The van der Waals surface area contributed by atoms with Crippen molar-refractivity contribution < 1.29 is 13.2 Å². The Labute approximate surface area is 134 Å². The monoisotopic (exact) mass is 335 g/mol. The lowest BCUT2D eigenvalue weighted by Crippen LogP contribution is -2.12. The highest BCUT2D eigenvalue weighted by Gasteiger charge is 2.09. The van der Waals surface area contributed by atoms with Crippen LogP contribution in [0.1, 0.15) is 15.9 Å². The van der Waals surface area contributed by atoms with Gasteiger partial charge in [-0.25, -0.2) is 8.42 Å². The van der Waals surface area contributed by atoms with Crippen LogP contribution in [0.4, 0.5) is 5.69 Å². The summed E-state index contributed by atoms with van der Waals surface area (Å²) in [4.78, 5) is 12.4. The predicted octanol–water partition coefficient (Wildman–Crippen LogP) is 3.21. The summed E-state index contributed by atoms with van der Waals surface area (Å²) >= 11 is 1.73. The SMILES string of the molecule is CSCc1ccc(C(=O)Nc2ccc(S(C)(=O)=O)cc2)cc1. The van der Waals surface area contributed by atoms with Crippen LogP contribution in [0.25, 0.3) is 0 Å². The Bertz CT molecular complexity index is 751. The van der Waals surface area contributed by atoms with Gasteiger partial charge in [-0.3, -0.25) is 4.79 Å². The molecule has 0 fully saturated rings. The zero-order chi connectivity index (χ0) is 16.2. The lowest BCUT2D eigenvalue weighted by molar-refractivity contribution is 0.102. The zero-order valence-corrected chi connectivity index (χ0v) is 14.0. The highest BCUT2D eigenvalue weighted by Crippen LogP contribution is 2.16. The fraction of sp³-hybridized carbons (Fsp3) is 0.188. The quantitative estimate of drug-likeness (QED) is 0.911. The Kier molecular flexibility index (Phi) is 5.26. The second-order valence-corrected chi connectivity index (χ2v) is 7.76. The van der Waals surface area contributed by atoms with Gasteiger partial charge >= 0.3 is 0 Å². The second kappa shape index (κ2) is 6.98. The predicted molar refractivity (Wildman–Crippen MR) is 91.2 cm³/mol. The van der Waals surface area contributed by atoms with Gasteiger partial charge in [-0.05, 0) is 48.2 Å². The number of amides is 1. The molecule has 22 heavy (non-hydrogen) atoms. The van der Waals surface area contributed by atoms with E-state index in [2.05, 4.69) is 5.32 Å². The maximum atomic E-state index is 12.1. The molecular formula is C16H17NO3S2. The largest absolute Gasteiger partial charge is 0.322 e. The number of sulfone groups is 1. The van der Waals surface area contributed by atoms with Gasteiger partial charge in [0.2, 0.25) is 0 Å². The molecule has 0 bridgehead atoms. The highest BCUT2D eigenvalue weighted by molar-refractivity contribution is 7.97. The van der Waals surface area contributed by atoms with Crippen molar-refractivity contribution in [2.45, 2.75) is 10.6 Å². The number of carbonyl (C=O) groups excluding carboxylic acids is 1. The number of nitrogens with one attached hydrogen (secondary N) is 1. The molecule has 0 aliphatic carbocycles. The molecule has 2 rings (SSSR count). The van der Waals surface area contributed by atoms with Crippen molar-refractivity contribution in [1.82, 2.24) is 0 Å². The molecule has 0 spiro atoms. The average Bonchev–Trinajstić information content (AvgIpc) is 2.48. The van der Waals surface area contributed by atoms with Crippen molar-refractivity contribution in [3.8, 4) is 0 Å². The molecule has 0 aromatic heterocycles. The molecule has 1 amide bonds. The minimum Gasteiger partial charge on any atom is -0.322 e. The zero-order valence-electron chi connectivity index (χ0n) is 12.4. The topological polar surface area (TPSA) is 63.2 Å². The van der Waals surface area contributed by atoms with Crippen molar-refractivity contribution in [3.05, 3.63) is 59.7 Å². The van der Waals surface area contributed by atoms with Crippen molar-refractivity contribution in [2.24, 2.45) is 0 Å². The van der Waals surface area contributed by atoms with Crippen LogP contribution >= 0.6 is 11.8 Å². The van der Waals surface area contributed by atoms with Crippen molar-refractivity contribution >= 4 is 33.2 Å². The molecule has 0 atom stereocenters. The van der Waals surface area contributed by atoms with E-state index in [9.17, 15) is 13.2 Å². The summed E-state index contributed by atoms with van der Waals surface area (Å²) in [6.07, 6.45) is 3.18. The fourth-order valence-corrected chi connectivity index (χ4v) is 3.06. The number of thioether (sulfide) groups is 1. The van der Waals surface area contributed by atoms with Crippen LogP contribution in [-0.4, -0.2) is 26.8 Å². The first kappa shape index (κ1) is 16.6. The summed E-state index contributed by atoms with van der Waals surface area (Å²) in [5, 5.41) is 2.75. The molecule has 2 aromatic carbocycles. The Morgan fingerprint density at radius 2 is 1.64 bits per heavy atom. The number of benzene rings is 2. The van der Waals surface area contributed by atoms with E-state index in [1.807, 2.05) is 18.4 Å². The normalized spacial score (nSPS) is 11.2. The van der Waals surface area contributed by atoms with E-state index >= 15 is 0 Å². The second-order valence-electron chi connectivity index (χ2n) is 4.88. The smallest absolute Gasteiger partial charge is 0.255 e. The third kappa shape index (κ3) is 4.35. The summed E-state index contributed by atoms with van der Waals surface area (Å²) < 4.78 is 22.8. The van der Waals surface area contributed by atoms with E-state index in [4.69, 9.17) is 0 Å². The molecule has 116 valence electrons. The number of anilines is 1. The fourth-order valence-electron chi connectivity index (χ4n) is 1.91. The average molecular weight is 335 g/mol. The summed E-state index contributed by atoms with van der Waals surface area (Å²) in [5.74, 6) is 0.692. The molecule has 2 aromatic rings. The Hall–Kier alpha value is -1.79. The third-order valence-electron chi connectivity index (χ3n) is 3.07. The van der Waals surface area contributed by atoms with E-state index in [1.54, 1.807) is 36.0 Å². The van der Waals surface area contributed by atoms with Crippen molar-refractivity contribution in [1.29, 1.82) is 0 Å². The van der Waals surface area contributed by atoms with Gasteiger partial charge in [-0.15, -0.1) is 0 Å². The minimum absolute atomic E-state index is 0.220. The Balaban J connectivity index is 2.08. The molecule has 0 radical (unpaired) electrons. The summed E-state index contributed by atoms with van der Waals surface area (Å²) in [6, 6.07) is 13.5. The van der Waals surface area contributed by atoms with E-state index < -0.39 is 9.84 Å². The van der Waals surface area contributed by atoms with Crippen LogP contribution in [0.2, 0.25) is 0 Å². The molecular weight excluding hydrogens is 318 g/mol. The molecule has 6 heteroatoms. The Morgan fingerprint density at radius 1 is 1.05 bits per heavy atom. The van der Waals surface area contributed by atoms with Gasteiger partial charge in [0.05, 0.1) is 4.90 Å². The van der Waals surface area contributed by atoms with Crippen LogP contribution in [0.5, 0.6) is 0 Å². The molecule has 0 aliphatic heterocycles. The Morgan fingerprint density at radius 3 is 2.14 bits per heavy atom. The van der Waals surface area contributed by atoms with Gasteiger partial charge < -0.3 is 5.32 Å². The number of hydrogen-bond acceptors (Lipinski definition) is 4. The highest BCUT2D eigenvalue weighted by atomic mass is 32.2. The molecule has 4 nitrogen and oxygen atoms in total. The molecule has 0 saturated heterocycles. The standard InChI is InChI=1S/C16H17NO3S2/c1-21-11-12-3-5-13(6-4-12)16(18)17-14-7-9-15(10-8-14)22(2,19)20/h3-10H,11H2,1-2H3,(H,17,18). The first-order valence-electron chi connectivity index (χ1n) is 6.59. The summed E-state index contributed by atoms with van der Waals surface area (Å²) in [6.45, 7) is 0. The summed E-state index contributed by atoms with van der Waals surface area (Å²) in [5.41, 5.74) is 2.30. The molecule has 0 heterocycles. The van der Waals surface area contributed by atoms with Crippen LogP contribution in [0, 0.1) is 0 Å². The van der Waals surface area contributed by atoms with Crippen molar-refractivity contribution in [2.75, 3.05) is 17.8 Å². The first-order chi connectivity index (χ1) is 10.4.